The fourth-order valence-electron chi connectivity index (χ4n) is 2.37. The van der Waals surface area contributed by atoms with Gasteiger partial charge < -0.3 is 10.3 Å². The molecule has 0 radical (unpaired) electrons. The van der Waals surface area contributed by atoms with Crippen molar-refractivity contribution in [1.82, 2.24) is 9.55 Å². The van der Waals surface area contributed by atoms with Gasteiger partial charge in [0.15, 0.2) is 0 Å². The predicted octanol–water partition coefficient (Wildman–Crippen LogP) is 2.78. The number of hydrogen-bond donors (Lipinski definition) is 1. The van der Waals surface area contributed by atoms with Gasteiger partial charge in [0, 0.05) is 19.2 Å². The Bertz CT molecular complexity index is 594. The first-order valence-electron chi connectivity index (χ1n) is 6.26. The molecule has 0 amide bonds. The van der Waals surface area contributed by atoms with E-state index in [9.17, 15) is 0 Å². The molecular formula is C15H21N3. The summed E-state index contributed by atoms with van der Waals surface area (Å²) in [4.78, 5) is 4.54. The van der Waals surface area contributed by atoms with Crippen molar-refractivity contribution in [3.63, 3.8) is 0 Å². The summed E-state index contributed by atoms with van der Waals surface area (Å²) in [6, 6.07) is 4.47. The largest absolute Gasteiger partial charge is 0.331 e. The predicted molar refractivity (Wildman–Crippen MR) is 75.5 cm³/mol. The lowest BCUT2D eigenvalue weighted by Gasteiger charge is -2.12. The molecule has 2 N–H and O–H groups in total. The first-order valence-corrected chi connectivity index (χ1v) is 6.26. The Hall–Kier alpha value is -1.61. The van der Waals surface area contributed by atoms with Gasteiger partial charge in [0.25, 0.3) is 0 Å². The highest BCUT2D eigenvalue weighted by atomic mass is 15.1. The van der Waals surface area contributed by atoms with Crippen LogP contribution in [0.2, 0.25) is 0 Å². The molecule has 1 aromatic heterocycles. The van der Waals surface area contributed by atoms with Crippen LogP contribution in [0.5, 0.6) is 0 Å². The molecule has 0 saturated heterocycles. The van der Waals surface area contributed by atoms with Crippen LogP contribution in [0.15, 0.2) is 12.1 Å². The molecule has 0 aliphatic rings. The first kappa shape index (κ1) is 12.8. The summed E-state index contributed by atoms with van der Waals surface area (Å²) in [7, 11) is 2.05. The Morgan fingerprint density at radius 3 is 2.28 bits per heavy atom. The van der Waals surface area contributed by atoms with Crippen LogP contribution in [-0.4, -0.2) is 9.55 Å². The summed E-state index contributed by atoms with van der Waals surface area (Å²) in [6.45, 7) is 8.92. The molecule has 2 aromatic rings. The lowest BCUT2D eigenvalue weighted by molar-refractivity contribution is 0.864. The fourth-order valence-corrected chi connectivity index (χ4v) is 2.37. The van der Waals surface area contributed by atoms with Crippen molar-refractivity contribution in [2.24, 2.45) is 12.8 Å². The third-order valence-electron chi connectivity index (χ3n) is 3.68. The molecule has 96 valence electrons. The van der Waals surface area contributed by atoms with Gasteiger partial charge in [-0.3, -0.25) is 0 Å². The van der Waals surface area contributed by atoms with Crippen LogP contribution < -0.4 is 5.73 Å². The van der Waals surface area contributed by atoms with Gasteiger partial charge in [0.1, 0.15) is 5.82 Å². The van der Waals surface area contributed by atoms with Gasteiger partial charge in [-0.1, -0.05) is 6.07 Å². The van der Waals surface area contributed by atoms with E-state index in [1.807, 2.05) is 14.0 Å². The van der Waals surface area contributed by atoms with Crippen LogP contribution in [0, 0.1) is 27.7 Å². The molecule has 0 unspecified atom stereocenters. The monoisotopic (exact) mass is 243 g/mol. The summed E-state index contributed by atoms with van der Waals surface area (Å²) >= 11 is 0. The summed E-state index contributed by atoms with van der Waals surface area (Å²) in [5.74, 6) is 1.00. The molecule has 0 atom stereocenters. The molecular weight excluding hydrogens is 222 g/mol. The molecule has 3 heteroatoms. The van der Waals surface area contributed by atoms with Gasteiger partial charge in [0.05, 0.1) is 11.4 Å². The molecule has 0 saturated carbocycles. The number of aromatic nitrogens is 2. The number of benzene rings is 1. The second-order valence-corrected chi connectivity index (χ2v) is 4.97. The summed E-state index contributed by atoms with van der Waals surface area (Å²) in [6.07, 6.45) is 0. The Labute approximate surface area is 109 Å². The highest BCUT2D eigenvalue weighted by Gasteiger charge is 2.15. The molecule has 0 aliphatic carbocycles. The minimum Gasteiger partial charge on any atom is -0.331 e. The van der Waals surface area contributed by atoms with E-state index in [0.29, 0.717) is 6.54 Å². The number of nitrogens with two attached hydrogens (primary N) is 1. The number of rotatable bonds is 2. The zero-order valence-electron chi connectivity index (χ0n) is 11.8. The molecule has 2 rings (SSSR count). The minimum absolute atomic E-state index is 0.476. The van der Waals surface area contributed by atoms with Crippen LogP contribution in [-0.2, 0) is 13.6 Å². The first-order chi connectivity index (χ1) is 8.45. The zero-order chi connectivity index (χ0) is 13.4. The maximum atomic E-state index is 5.81. The van der Waals surface area contributed by atoms with Crippen LogP contribution in [0.25, 0.3) is 11.3 Å². The number of hydrogen-bond acceptors (Lipinski definition) is 2. The highest BCUT2D eigenvalue weighted by molar-refractivity contribution is 5.68. The minimum atomic E-state index is 0.476. The summed E-state index contributed by atoms with van der Waals surface area (Å²) in [5.41, 5.74) is 13.1. The van der Waals surface area contributed by atoms with Gasteiger partial charge >= 0.3 is 0 Å². The SMILES string of the molecule is Cc1cc(C)c(-c2c(CN)nc(C)n2C)cc1C. The van der Waals surface area contributed by atoms with E-state index < -0.39 is 0 Å². The lowest BCUT2D eigenvalue weighted by Crippen LogP contribution is -2.02. The van der Waals surface area contributed by atoms with Gasteiger partial charge in [-0.2, -0.15) is 0 Å². The highest BCUT2D eigenvalue weighted by Crippen LogP contribution is 2.29. The normalized spacial score (nSPS) is 11.0. The molecule has 1 aromatic carbocycles. The molecule has 0 fully saturated rings. The smallest absolute Gasteiger partial charge is 0.106 e. The Morgan fingerprint density at radius 1 is 1.06 bits per heavy atom. The van der Waals surface area contributed by atoms with E-state index in [1.54, 1.807) is 0 Å². The summed E-state index contributed by atoms with van der Waals surface area (Å²) < 4.78 is 2.12. The van der Waals surface area contributed by atoms with Crippen LogP contribution in [0.4, 0.5) is 0 Å². The van der Waals surface area contributed by atoms with Crippen LogP contribution in [0.3, 0.4) is 0 Å². The number of aryl methyl sites for hydroxylation is 4. The van der Waals surface area contributed by atoms with E-state index in [2.05, 4.69) is 42.5 Å². The molecule has 3 nitrogen and oxygen atoms in total. The van der Waals surface area contributed by atoms with E-state index in [0.717, 1.165) is 17.2 Å². The van der Waals surface area contributed by atoms with Gasteiger partial charge in [-0.15, -0.1) is 0 Å². The van der Waals surface area contributed by atoms with Gasteiger partial charge in [0.2, 0.25) is 0 Å². The molecule has 0 spiro atoms. The molecule has 18 heavy (non-hydrogen) atoms. The van der Waals surface area contributed by atoms with Crippen molar-refractivity contribution in [2.45, 2.75) is 34.2 Å². The van der Waals surface area contributed by atoms with Gasteiger partial charge in [-0.25, -0.2) is 4.98 Å². The standard InChI is InChI=1S/C15H21N3/c1-9-6-11(3)13(7-10(9)2)15-14(8-16)17-12(4)18(15)5/h6-7H,8,16H2,1-5H3. The van der Waals surface area contributed by atoms with Crippen LogP contribution in [0.1, 0.15) is 28.2 Å². The lowest BCUT2D eigenvalue weighted by atomic mass is 9.97. The average Bonchev–Trinajstić information content (AvgIpc) is 2.60. The third-order valence-corrected chi connectivity index (χ3v) is 3.68. The maximum absolute atomic E-state index is 5.81. The van der Waals surface area contributed by atoms with Gasteiger partial charge in [-0.05, 0) is 50.5 Å². The van der Waals surface area contributed by atoms with Crippen molar-refractivity contribution >= 4 is 0 Å². The van der Waals surface area contributed by atoms with Crippen molar-refractivity contribution < 1.29 is 0 Å². The second-order valence-electron chi connectivity index (χ2n) is 4.97. The number of nitrogens with zero attached hydrogens (tertiary/aromatic N) is 2. The molecule has 1 heterocycles. The molecule has 0 aliphatic heterocycles. The third kappa shape index (κ3) is 1.95. The Balaban J connectivity index is 2.72. The van der Waals surface area contributed by atoms with E-state index in [1.165, 1.54) is 22.3 Å². The second kappa shape index (κ2) is 4.58. The topological polar surface area (TPSA) is 43.8 Å². The van der Waals surface area contributed by atoms with Crippen molar-refractivity contribution in [3.8, 4) is 11.3 Å². The van der Waals surface area contributed by atoms with Crippen molar-refractivity contribution in [2.75, 3.05) is 0 Å². The summed E-state index contributed by atoms with van der Waals surface area (Å²) in [5, 5.41) is 0. The van der Waals surface area contributed by atoms with E-state index in [4.69, 9.17) is 5.73 Å². The fraction of sp³-hybridized carbons (Fsp3) is 0.400. The van der Waals surface area contributed by atoms with E-state index >= 15 is 0 Å². The van der Waals surface area contributed by atoms with Crippen molar-refractivity contribution in [1.29, 1.82) is 0 Å². The Kier molecular flexibility index (Phi) is 3.26. The van der Waals surface area contributed by atoms with E-state index in [-0.39, 0.29) is 0 Å². The number of imidazole rings is 1. The quantitative estimate of drug-likeness (QED) is 0.881. The average molecular weight is 243 g/mol. The molecule has 0 bridgehead atoms. The maximum Gasteiger partial charge on any atom is 0.106 e. The van der Waals surface area contributed by atoms with Crippen molar-refractivity contribution in [3.05, 3.63) is 40.3 Å². The zero-order valence-corrected chi connectivity index (χ0v) is 11.8. The van der Waals surface area contributed by atoms with Crippen LogP contribution >= 0.6 is 0 Å². The Morgan fingerprint density at radius 2 is 1.67 bits per heavy atom.